The number of nitrogens with one attached hydrogen (secondary N) is 1. The fourth-order valence-corrected chi connectivity index (χ4v) is 5.20. The smallest absolute Gasteiger partial charge is 0.413 e. The predicted molar refractivity (Wildman–Crippen MR) is 123 cm³/mol. The van der Waals surface area contributed by atoms with Crippen molar-refractivity contribution in [2.45, 2.75) is 24.9 Å². The normalized spacial score (nSPS) is 18.1. The average molecular weight is 477 g/mol. The number of halogens is 2. The number of carbonyl (C=O) groups is 2. The third-order valence-electron chi connectivity index (χ3n) is 6.99. The Bertz CT molecular complexity index is 1360. The summed E-state index contributed by atoms with van der Waals surface area (Å²) in [5, 5.41) is 2.65. The van der Waals surface area contributed by atoms with E-state index >= 15 is 0 Å². The molecule has 2 amide bonds. The first-order chi connectivity index (χ1) is 16.9. The first-order valence-electron chi connectivity index (χ1n) is 11.4. The van der Waals surface area contributed by atoms with Gasteiger partial charge in [0.2, 0.25) is 0 Å². The number of ether oxygens (including phenoxy) is 1. The molecule has 3 aliphatic rings. The minimum Gasteiger partial charge on any atom is -0.437 e. The summed E-state index contributed by atoms with van der Waals surface area (Å²) < 4.78 is 33.5. The van der Waals surface area contributed by atoms with Crippen molar-refractivity contribution < 1.29 is 23.1 Å². The van der Waals surface area contributed by atoms with Crippen molar-refractivity contribution in [2.24, 2.45) is 0 Å². The number of carbonyl (C=O) groups excluding carboxylic acids is 2. The van der Waals surface area contributed by atoms with Crippen LogP contribution in [0, 0.1) is 11.6 Å². The van der Waals surface area contributed by atoms with Crippen molar-refractivity contribution in [2.75, 3.05) is 34.8 Å². The van der Waals surface area contributed by atoms with E-state index in [0.29, 0.717) is 48.8 Å². The van der Waals surface area contributed by atoms with Gasteiger partial charge in [-0.25, -0.2) is 23.5 Å². The minimum absolute atomic E-state index is 0.222. The third-order valence-corrected chi connectivity index (χ3v) is 6.99. The fourth-order valence-electron chi connectivity index (χ4n) is 5.20. The molecule has 10 heteroatoms. The van der Waals surface area contributed by atoms with Crippen LogP contribution in [0.15, 0.2) is 48.8 Å². The topological polar surface area (TPSA) is 87.7 Å². The average Bonchev–Trinajstić information content (AvgIpc) is 3.31. The summed E-state index contributed by atoms with van der Waals surface area (Å²) in [6, 6.07) is 9.55. The van der Waals surface area contributed by atoms with Crippen LogP contribution in [0.3, 0.4) is 0 Å². The highest BCUT2D eigenvalue weighted by Gasteiger charge is 2.45. The van der Waals surface area contributed by atoms with Crippen LogP contribution >= 0.6 is 0 Å². The molecule has 1 N–H and O–H groups in total. The highest BCUT2D eigenvalue weighted by Crippen LogP contribution is 2.43. The summed E-state index contributed by atoms with van der Waals surface area (Å²) in [4.78, 5) is 37.6. The number of fused-ring (bicyclic) bond motifs is 3. The Morgan fingerprint density at radius 1 is 1.06 bits per heavy atom. The zero-order valence-electron chi connectivity index (χ0n) is 18.6. The number of rotatable bonds is 2. The van der Waals surface area contributed by atoms with Gasteiger partial charge in [0.1, 0.15) is 17.2 Å². The molecular formula is C25H21F2N5O3. The summed E-state index contributed by atoms with van der Waals surface area (Å²) in [6.07, 6.45) is 4.04. The Balaban J connectivity index is 1.22. The molecule has 0 radical (unpaired) electrons. The van der Waals surface area contributed by atoms with E-state index < -0.39 is 23.3 Å². The molecule has 0 atom stereocenters. The summed E-state index contributed by atoms with van der Waals surface area (Å²) in [5.74, 6) is -0.956. The van der Waals surface area contributed by atoms with Crippen molar-refractivity contribution in [3.8, 4) is 0 Å². The van der Waals surface area contributed by atoms with Crippen LogP contribution in [0.2, 0.25) is 0 Å². The Morgan fingerprint density at radius 2 is 1.89 bits per heavy atom. The van der Waals surface area contributed by atoms with Crippen LogP contribution in [0.4, 0.5) is 30.9 Å². The number of hydrogen-bond acceptors (Lipinski definition) is 6. The van der Waals surface area contributed by atoms with E-state index in [4.69, 9.17) is 4.74 Å². The van der Waals surface area contributed by atoms with E-state index in [0.717, 1.165) is 11.6 Å². The molecule has 6 rings (SSSR count). The largest absolute Gasteiger partial charge is 0.437 e. The number of amides is 2. The van der Waals surface area contributed by atoms with Crippen LogP contribution in [0.1, 0.15) is 34.3 Å². The molecule has 1 aromatic carbocycles. The van der Waals surface area contributed by atoms with Crippen LogP contribution in [0.5, 0.6) is 0 Å². The second-order valence-electron chi connectivity index (χ2n) is 8.86. The molecule has 1 saturated heterocycles. The van der Waals surface area contributed by atoms with E-state index in [1.54, 1.807) is 24.5 Å². The lowest BCUT2D eigenvalue weighted by Crippen LogP contribution is -2.48. The molecule has 3 aromatic rings. The first kappa shape index (κ1) is 21.5. The maximum Gasteiger partial charge on any atom is 0.413 e. The lowest BCUT2D eigenvalue weighted by molar-refractivity contribution is -0.00854. The molecule has 3 aliphatic heterocycles. The van der Waals surface area contributed by atoms with E-state index in [1.165, 1.54) is 11.0 Å². The van der Waals surface area contributed by atoms with Crippen LogP contribution in [-0.2, 0) is 16.8 Å². The predicted octanol–water partition coefficient (Wildman–Crippen LogP) is 4.02. The SMILES string of the molecule is O=C1Nc2ncccc2C2(CCN(c3cc(C(=O)N4CCc5c4ccc(F)c5F)ccn3)CC2)O1. The van der Waals surface area contributed by atoms with E-state index in [-0.39, 0.29) is 24.4 Å². The number of benzene rings is 1. The molecule has 178 valence electrons. The maximum absolute atomic E-state index is 14.1. The van der Waals surface area contributed by atoms with Crippen LogP contribution < -0.4 is 15.1 Å². The summed E-state index contributed by atoms with van der Waals surface area (Å²) in [7, 11) is 0. The van der Waals surface area contributed by atoms with Gasteiger partial charge in [-0.15, -0.1) is 0 Å². The van der Waals surface area contributed by atoms with Crippen molar-refractivity contribution in [3.05, 3.63) is 77.1 Å². The van der Waals surface area contributed by atoms with Crippen LogP contribution in [0.25, 0.3) is 0 Å². The van der Waals surface area contributed by atoms with Gasteiger partial charge in [0.25, 0.3) is 5.91 Å². The molecule has 35 heavy (non-hydrogen) atoms. The highest BCUT2D eigenvalue weighted by atomic mass is 19.2. The van der Waals surface area contributed by atoms with Gasteiger partial charge in [-0.2, -0.15) is 0 Å². The number of anilines is 3. The lowest BCUT2D eigenvalue weighted by atomic mass is 9.83. The molecule has 1 spiro atoms. The lowest BCUT2D eigenvalue weighted by Gasteiger charge is -2.44. The Hall–Kier alpha value is -4.08. The molecular weight excluding hydrogens is 456 g/mol. The second kappa shape index (κ2) is 8.00. The maximum atomic E-state index is 14.1. The monoisotopic (exact) mass is 477 g/mol. The minimum atomic E-state index is -0.912. The Morgan fingerprint density at radius 3 is 2.71 bits per heavy atom. The highest BCUT2D eigenvalue weighted by molar-refractivity contribution is 6.07. The number of aromatic nitrogens is 2. The van der Waals surface area contributed by atoms with Gasteiger partial charge in [-0.3, -0.25) is 10.1 Å². The first-order valence-corrected chi connectivity index (χ1v) is 11.4. The number of piperidine rings is 1. The van der Waals surface area contributed by atoms with Gasteiger partial charge in [0.05, 0.1) is 5.69 Å². The fraction of sp³-hybridized carbons (Fsp3) is 0.280. The number of hydrogen-bond donors (Lipinski definition) is 1. The number of nitrogens with zero attached hydrogens (tertiary/aromatic N) is 4. The molecule has 0 aliphatic carbocycles. The van der Waals surface area contributed by atoms with Crippen molar-refractivity contribution >= 4 is 29.3 Å². The molecule has 8 nitrogen and oxygen atoms in total. The molecule has 0 bridgehead atoms. The van der Waals surface area contributed by atoms with E-state index in [9.17, 15) is 18.4 Å². The Kier molecular flexibility index (Phi) is 4.91. The van der Waals surface area contributed by atoms with Crippen molar-refractivity contribution in [3.63, 3.8) is 0 Å². The second-order valence-corrected chi connectivity index (χ2v) is 8.86. The number of pyridine rings is 2. The van der Waals surface area contributed by atoms with E-state index in [1.807, 2.05) is 17.0 Å². The standard InChI is InChI=1S/C25H21F2N5O3/c26-18-3-4-19-16(21(18)27)6-11-32(19)23(33)15-5-10-28-20(14-15)31-12-7-25(8-13-31)17-2-1-9-29-22(17)30-24(34)35-25/h1-5,9-10,14H,6-8,11-13H2,(H,29,30,34). The van der Waals surface area contributed by atoms with Gasteiger partial charge in [0, 0.05) is 61.6 Å². The van der Waals surface area contributed by atoms with E-state index in [2.05, 4.69) is 15.3 Å². The van der Waals surface area contributed by atoms with Gasteiger partial charge in [-0.05, 0) is 42.8 Å². The van der Waals surface area contributed by atoms with Crippen LogP contribution in [-0.4, -0.2) is 41.6 Å². The molecule has 0 unspecified atom stereocenters. The zero-order chi connectivity index (χ0) is 24.2. The van der Waals surface area contributed by atoms with Gasteiger partial charge < -0.3 is 14.5 Å². The van der Waals surface area contributed by atoms with Gasteiger partial charge in [-0.1, -0.05) is 0 Å². The van der Waals surface area contributed by atoms with Crippen molar-refractivity contribution in [1.82, 2.24) is 9.97 Å². The summed E-state index contributed by atoms with van der Waals surface area (Å²) in [6.45, 7) is 1.40. The zero-order valence-corrected chi connectivity index (χ0v) is 18.6. The third kappa shape index (κ3) is 3.48. The summed E-state index contributed by atoms with van der Waals surface area (Å²) >= 11 is 0. The molecule has 0 saturated carbocycles. The quantitative estimate of drug-likeness (QED) is 0.600. The summed E-state index contributed by atoms with van der Waals surface area (Å²) in [5.41, 5.74) is 1.13. The van der Waals surface area contributed by atoms with Gasteiger partial charge in [0.15, 0.2) is 11.6 Å². The molecule has 2 aromatic heterocycles. The Labute approximate surface area is 199 Å². The van der Waals surface area contributed by atoms with Crippen molar-refractivity contribution in [1.29, 1.82) is 0 Å². The van der Waals surface area contributed by atoms with Gasteiger partial charge >= 0.3 is 6.09 Å². The molecule has 5 heterocycles. The molecule has 1 fully saturated rings.